The molecule has 0 bridgehead atoms. The van der Waals surface area contributed by atoms with Gasteiger partial charge in [0, 0.05) is 32.2 Å². The monoisotopic (exact) mass is 312 g/mol. The molecule has 0 aromatic heterocycles. The standard InChI is InChI=1S/C17H25FN2.ClH/c1-2-3-4-5-9-17(20-12-10-19-11-13-20)15-7-6-8-16(18)14-15;/h2,6-8,14,17,19H,1,3-5,9-13H2;1H/t17-;/m1./s1. The maximum absolute atomic E-state index is 13.5. The number of nitrogens with one attached hydrogen (secondary N) is 1. The zero-order valence-electron chi connectivity index (χ0n) is 12.6. The number of unbranched alkanes of at least 4 members (excludes halogenated alkanes) is 2. The highest BCUT2D eigenvalue weighted by Gasteiger charge is 2.21. The van der Waals surface area contributed by atoms with Crippen molar-refractivity contribution in [3.63, 3.8) is 0 Å². The molecule has 1 aliphatic rings. The van der Waals surface area contributed by atoms with Crippen LogP contribution in [0.2, 0.25) is 0 Å². The number of hydrogen-bond donors (Lipinski definition) is 1. The van der Waals surface area contributed by atoms with Gasteiger partial charge in [0.2, 0.25) is 0 Å². The molecule has 2 rings (SSSR count). The summed E-state index contributed by atoms with van der Waals surface area (Å²) in [5.74, 6) is -0.131. The van der Waals surface area contributed by atoms with Crippen LogP contribution in [0.3, 0.4) is 0 Å². The molecule has 2 nitrogen and oxygen atoms in total. The lowest BCUT2D eigenvalue weighted by Gasteiger charge is -2.35. The Balaban J connectivity index is 0.00000220. The molecule has 0 radical (unpaired) electrons. The molecule has 21 heavy (non-hydrogen) atoms. The third-order valence-electron chi connectivity index (χ3n) is 3.96. The number of nitrogens with zero attached hydrogens (tertiary/aromatic N) is 1. The minimum atomic E-state index is -0.131. The number of piperazine rings is 1. The minimum absolute atomic E-state index is 0. The van der Waals surface area contributed by atoms with Gasteiger partial charge in [-0.1, -0.05) is 24.6 Å². The molecule has 1 fully saturated rings. The SMILES string of the molecule is C=CCCCC[C@H](c1cccc(F)c1)N1CCNCC1.Cl. The molecular weight excluding hydrogens is 287 g/mol. The molecule has 118 valence electrons. The summed E-state index contributed by atoms with van der Waals surface area (Å²) in [5, 5.41) is 3.38. The molecule has 1 atom stereocenters. The summed E-state index contributed by atoms with van der Waals surface area (Å²) in [6.07, 6.45) is 6.47. The molecule has 0 saturated carbocycles. The fourth-order valence-electron chi connectivity index (χ4n) is 2.89. The molecule has 1 aliphatic heterocycles. The van der Waals surface area contributed by atoms with Crippen LogP contribution in [-0.4, -0.2) is 31.1 Å². The predicted molar refractivity (Wildman–Crippen MR) is 89.5 cm³/mol. The van der Waals surface area contributed by atoms with Crippen LogP contribution >= 0.6 is 12.4 Å². The van der Waals surface area contributed by atoms with Crippen molar-refractivity contribution in [2.24, 2.45) is 0 Å². The van der Waals surface area contributed by atoms with Crippen molar-refractivity contribution in [1.82, 2.24) is 10.2 Å². The third kappa shape index (κ3) is 5.77. The van der Waals surface area contributed by atoms with E-state index in [-0.39, 0.29) is 18.2 Å². The molecule has 1 aromatic rings. The molecule has 1 N–H and O–H groups in total. The fourth-order valence-corrected chi connectivity index (χ4v) is 2.89. The average Bonchev–Trinajstić information content (AvgIpc) is 2.48. The fraction of sp³-hybridized carbons (Fsp3) is 0.529. The third-order valence-corrected chi connectivity index (χ3v) is 3.96. The van der Waals surface area contributed by atoms with E-state index in [1.54, 1.807) is 6.07 Å². The van der Waals surface area contributed by atoms with Crippen molar-refractivity contribution in [3.8, 4) is 0 Å². The lowest BCUT2D eigenvalue weighted by molar-refractivity contribution is 0.162. The van der Waals surface area contributed by atoms with Crippen molar-refractivity contribution >= 4 is 12.4 Å². The van der Waals surface area contributed by atoms with E-state index in [4.69, 9.17) is 0 Å². The molecule has 1 heterocycles. The van der Waals surface area contributed by atoms with Gasteiger partial charge < -0.3 is 5.32 Å². The molecule has 0 spiro atoms. The maximum atomic E-state index is 13.5. The van der Waals surface area contributed by atoms with Gasteiger partial charge >= 0.3 is 0 Å². The van der Waals surface area contributed by atoms with Gasteiger partial charge in [-0.2, -0.15) is 0 Å². The van der Waals surface area contributed by atoms with Crippen LogP contribution < -0.4 is 5.32 Å². The first-order chi connectivity index (χ1) is 9.81. The van der Waals surface area contributed by atoms with E-state index in [1.807, 2.05) is 12.1 Å². The van der Waals surface area contributed by atoms with Gasteiger partial charge in [0.05, 0.1) is 0 Å². The van der Waals surface area contributed by atoms with Crippen LogP contribution in [0, 0.1) is 5.82 Å². The Morgan fingerprint density at radius 3 is 2.71 bits per heavy atom. The van der Waals surface area contributed by atoms with E-state index in [0.29, 0.717) is 6.04 Å². The van der Waals surface area contributed by atoms with Crippen molar-refractivity contribution in [1.29, 1.82) is 0 Å². The number of benzene rings is 1. The van der Waals surface area contributed by atoms with Crippen LogP contribution in [-0.2, 0) is 0 Å². The molecule has 1 aromatic carbocycles. The zero-order chi connectivity index (χ0) is 14.2. The highest BCUT2D eigenvalue weighted by molar-refractivity contribution is 5.85. The lowest BCUT2D eigenvalue weighted by Crippen LogP contribution is -2.45. The van der Waals surface area contributed by atoms with Gasteiger partial charge in [0.15, 0.2) is 0 Å². The van der Waals surface area contributed by atoms with Gasteiger partial charge in [-0.3, -0.25) is 4.90 Å². The molecule has 0 aliphatic carbocycles. The Labute approximate surface area is 133 Å². The number of allylic oxidation sites excluding steroid dienone is 1. The highest BCUT2D eigenvalue weighted by Crippen LogP contribution is 2.27. The second-order valence-electron chi connectivity index (χ2n) is 5.43. The van der Waals surface area contributed by atoms with Crippen molar-refractivity contribution in [3.05, 3.63) is 48.3 Å². The molecule has 4 heteroatoms. The summed E-state index contributed by atoms with van der Waals surface area (Å²) < 4.78 is 13.5. The van der Waals surface area contributed by atoms with Crippen LogP contribution in [0.4, 0.5) is 4.39 Å². The van der Waals surface area contributed by atoms with Gasteiger partial charge in [-0.05, 0) is 37.0 Å². The van der Waals surface area contributed by atoms with Crippen molar-refractivity contribution in [2.45, 2.75) is 31.7 Å². The first kappa shape index (κ1) is 18.1. The first-order valence-electron chi connectivity index (χ1n) is 7.62. The van der Waals surface area contributed by atoms with Crippen LogP contribution in [0.15, 0.2) is 36.9 Å². The number of hydrogen-bond acceptors (Lipinski definition) is 2. The quantitative estimate of drug-likeness (QED) is 0.606. The molecular formula is C17H26ClFN2. The largest absolute Gasteiger partial charge is 0.314 e. The average molecular weight is 313 g/mol. The molecule has 0 amide bonds. The summed E-state index contributed by atoms with van der Waals surface area (Å²) in [4.78, 5) is 2.49. The first-order valence-corrected chi connectivity index (χ1v) is 7.62. The van der Waals surface area contributed by atoms with Crippen LogP contribution in [0.1, 0.15) is 37.3 Å². The lowest BCUT2D eigenvalue weighted by atomic mass is 9.98. The van der Waals surface area contributed by atoms with Crippen molar-refractivity contribution in [2.75, 3.05) is 26.2 Å². The topological polar surface area (TPSA) is 15.3 Å². The summed E-state index contributed by atoms with van der Waals surface area (Å²) in [7, 11) is 0. The Morgan fingerprint density at radius 1 is 1.29 bits per heavy atom. The van der Waals surface area contributed by atoms with E-state index in [0.717, 1.165) is 51.0 Å². The van der Waals surface area contributed by atoms with Gasteiger partial charge in [0.1, 0.15) is 5.82 Å². The van der Waals surface area contributed by atoms with E-state index in [9.17, 15) is 4.39 Å². The smallest absolute Gasteiger partial charge is 0.123 e. The minimum Gasteiger partial charge on any atom is -0.314 e. The second-order valence-corrected chi connectivity index (χ2v) is 5.43. The second kappa shape index (κ2) is 9.93. The summed E-state index contributed by atoms with van der Waals surface area (Å²) in [6, 6.07) is 7.45. The Bertz CT molecular complexity index is 419. The maximum Gasteiger partial charge on any atom is 0.123 e. The predicted octanol–water partition coefficient (Wildman–Crippen LogP) is 3.94. The summed E-state index contributed by atoms with van der Waals surface area (Å²) in [5.41, 5.74) is 1.12. The zero-order valence-corrected chi connectivity index (χ0v) is 13.4. The van der Waals surface area contributed by atoms with Gasteiger partial charge in [-0.15, -0.1) is 19.0 Å². The normalized spacial score (nSPS) is 17.0. The van der Waals surface area contributed by atoms with Gasteiger partial charge in [-0.25, -0.2) is 4.39 Å². The number of halogens is 2. The Hall–Kier alpha value is -0.900. The van der Waals surface area contributed by atoms with E-state index < -0.39 is 0 Å². The van der Waals surface area contributed by atoms with Crippen LogP contribution in [0.5, 0.6) is 0 Å². The van der Waals surface area contributed by atoms with Gasteiger partial charge in [0.25, 0.3) is 0 Å². The summed E-state index contributed by atoms with van der Waals surface area (Å²) in [6.45, 7) is 7.91. The van der Waals surface area contributed by atoms with E-state index in [2.05, 4.69) is 22.9 Å². The number of rotatable bonds is 7. The van der Waals surface area contributed by atoms with E-state index >= 15 is 0 Å². The Morgan fingerprint density at radius 2 is 2.05 bits per heavy atom. The summed E-state index contributed by atoms with van der Waals surface area (Å²) >= 11 is 0. The Kier molecular flexibility index (Phi) is 8.58. The van der Waals surface area contributed by atoms with Crippen molar-refractivity contribution < 1.29 is 4.39 Å². The highest BCUT2D eigenvalue weighted by atomic mass is 35.5. The molecule has 0 unspecified atom stereocenters. The van der Waals surface area contributed by atoms with Crippen LogP contribution in [0.25, 0.3) is 0 Å². The molecule has 1 saturated heterocycles. The van der Waals surface area contributed by atoms with E-state index in [1.165, 1.54) is 12.5 Å².